The van der Waals surface area contributed by atoms with Crippen LogP contribution in [0, 0.1) is 17.2 Å². The van der Waals surface area contributed by atoms with E-state index in [1.165, 1.54) is 30.8 Å². The molecule has 6 nitrogen and oxygen atoms in total. The molecule has 0 spiro atoms. The van der Waals surface area contributed by atoms with E-state index in [1.807, 2.05) is 30.3 Å². The van der Waals surface area contributed by atoms with Gasteiger partial charge in [0.1, 0.15) is 0 Å². The van der Waals surface area contributed by atoms with Gasteiger partial charge in [0.05, 0.1) is 6.20 Å². The van der Waals surface area contributed by atoms with E-state index >= 15 is 0 Å². The second-order valence-corrected chi connectivity index (χ2v) is 7.91. The molecule has 3 saturated heterocycles. The maximum atomic E-state index is 12.6. The number of fused-ring (bicyclic) bond motifs is 3. The van der Waals surface area contributed by atoms with Gasteiger partial charge in [-0.05, 0) is 63.0 Å². The van der Waals surface area contributed by atoms with Crippen LogP contribution in [0.15, 0.2) is 44.9 Å². The van der Waals surface area contributed by atoms with Crippen molar-refractivity contribution in [1.29, 1.82) is 5.26 Å². The predicted molar refractivity (Wildman–Crippen MR) is 96.8 cm³/mol. The van der Waals surface area contributed by atoms with E-state index in [4.69, 9.17) is 9.68 Å². The van der Waals surface area contributed by atoms with E-state index < -0.39 is 0 Å². The summed E-state index contributed by atoms with van der Waals surface area (Å²) < 4.78 is 5.26. The minimum Gasteiger partial charge on any atom is -0.422 e. The third-order valence-electron chi connectivity index (χ3n) is 5.39. The molecule has 1 aromatic carbocycles. The van der Waals surface area contributed by atoms with Gasteiger partial charge in [-0.2, -0.15) is 5.26 Å². The minimum atomic E-state index is -0.0152. The Labute approximate surface area is 156 Å². The number of amides is 1. The highest BCUT2D eigenvalue weighted by atomic mass is 32.2. The summed E-state index contributed by atoms with van der Waals surface area (Å²) in [7, 11) is 0. The van der Waals surface area contributed by atoms with E-state index in [9.17, 15) is 4.79 Å². The molecule has 2 bridgehead atoms. The largest absolute Gasteiger partial charge is 0.422 e. The molecule has 1 aromatic heterocycles. The Hall–Kier alpha value is -2.30. The van der Waals surface area contributed by atoms with E-state index in [-0.39, 0.29) is 17.8 Å². The molecule has 2 atom stereocenters. The number of aromatic nitrogens is 1. The van der Waals surface area contributed by atoms with Crippen molar-refractivity contribution in [2.75, 3.05) is 13.1 Å². The first-order chi connectivity index (χ1) is 12.6. The molecule has 0 saturated carbocycles. The summed E-state index contributed by atoms with van der Waals surface area (Å²) in [5.41, 5.74) is 0.660. The molecule has 5 rings (SSSR count). The van der Waals surface area contributed by atoms with Crippen LogP contribution in [-0.4, -0.2) is 41.0 Å². The van der Waals surface area contributed by atoms with Crippen molar-refractivity contribution in [3.05, 3.63) is 41.9 Å². The van der Waals surface area contributed by atoms with Crippen LogP contribution in [0.3, 0.4) is 0 Å². The number of nitrogens with one attached hydrogen (secondary N) is 1. The summed E-state index contributed by atoms with van der Waals surface area (Å²) in [6.45, 7) is 4.52. The van der Waals surface area contributed by atoms with Gasteiger partial charge in [-0.3, -0.25) is 9.69 Å². The predicted octanol–water partition coefficient (Wildman–Crippen LogP) is 2.91. The molecule has 2 aromatic rings. The van der Waals surface area contributed by atoms with Crippen molar-refractivity contribution in [2.24, 2.45) is 5.92 Å². The summed E-state index contributed by atoms with van der Waals surface area (Å²) in [4.78, 5) is 19.9. The van der Waals surface area contributed by atoms with E-state index in [0.717, 1.165) is 18.0 Å². The van der Waals surface area contributed by atoms with Crippen LogP contribution < -0.4 is 5.32 Å². The molecule has 7 heteroatoms. The number of carbonyl (C=O) groups excluding carboxylic acids is 1. The third-order valence-corrected chi connectivity index (χ3v) is 6.29. The first-order valence-corrected chi connectivity index (χ1v) is 9.64. The molecule has 2 unspecified atom stereocenters. The van der Waals surface area contributed by atoms with Crippen molar-refractivity contribution in [3.63, 3.8) is 0 Å². The molecule has 0 aliphatic carbocycles. The lowest BCUT2D eigenvalue weighted by molar-refractivity contribution is 0.0217. The standard InChI is InChI=1S/C19H20N4O2S/c1-12-18(13-6-8-23(12)9-7-13)22-19(24)14-2-4-15(5-3-14)26-17-11-21-16(10-20)25-17/h2-5,11-13,18H,6-9H2,1H3,(H,22,24). The zero-order chi connectivity index (χ0) is 18.1. The molecular weight excluding hydrogens is 348 g/mol. The van der Waals surface area contributed by atoms with Crippen LogP contribution in [0.25, 0.3) is 0 Å². The molecule has 4 heterocycles. The van der Waals surface area contributed by atoms with Crippen LogP contribution in [-0.2, 0) is 0 Å². The van der Waals surface area contributed by atoms with E-state index in [1.54, 1.807) is 0 Å². The van der Waals surface area contributed by atoms with Gasteiger partial charge in [0.25, 0.3) is 5.91 Å². The molecule has 3 aliphatic rings. The van der Waals surface area contributed by atoms with Crippen LogP contribution >= 0.6 is 11.8 Å². The summed E-state index contributed by atoms with van der Waals surface area (Å²) in [6.07, 6.45) is 3.87. The Morgan fingerprint density at radius 2 is 2.08 bits per heavy atom. The molecule has 134 valence electrons. The van der Waals surface area contributed by atoms with Crippen molar-refractivity contribution in [2.45, 2.75) is 41.8 Å². The Morgan fingerprint density at radius 3 is 2.69 bits per heavy atom. The topological polar surface area (TPSA) is 82.2 Å². The van der Waals surface area contributed by atoms with Crippen LogP contribution in [0.4, 0.5) is 0 Å². The van der Waals surface area contributed by atoms with Gasteiger partial charge in [0.15, 0.2) is 11.2 Å². The molecule has 3 fully saturated rings. The first kappa shape index (κ1) is 17.1. The summed E-state index contributed by atoms with van der Waals surface area (Å²) in [6, 6.07) is 9.92. The Bertz CT molecular complexity index is 832. The van der Waals surface area contributed by atoms with E-state index in [2.05, 4.69) is 22.1 Å². The summed E-state index contributed by atoms with van der Waals surface area (Å²) in [5.74, 6) is 0.628. The van der Waals surface area contributed by atoms with E-state index in [0.29, 0.717) is 22.6 Å². The van der Waals surface area contributed by atoms with Crippen molar-refractivity contribution >= 4 is 17.7 Å². The maximum absolute atomic E-state index is 12.6. The van der Waals surface area contributed by atoms with Gasteiger partial charge >= 0.3 is 5.89 Å². The Balaban J connectivity index is 1.40. The highest BCUT2D eigenvalue weighted by molar-refractivity contribution is 7.99. The maximum Gasteiger partial charge on any atom is 0.301 e. The fourth-order valence-corrected chi connectivity index (χ4v) is 4.66. The normalized spacial score (nSPS) is 27.1. The van der Waals surface area contributed by atoms with Gasteiger partial charge in [-0.1, -0.05) is 11.8 Å². The van der Waals surface area contributed by atoms with Gasteiger partial charge in [0.2, 0.25) is 0 Å². The number of hydrogen-bond donors (Lipinski definition) is 1. The lowest BCUT2D eigenvalue weighted by Gasteiger charge is -2.49. The second kappa shape index (κ2) is 7.14. The van der Waals surface area contributed by atoms with Gasteiger partial charge < -0.3 is 9.73 Å². The van der Waals surface area contributed by atoms with Crippen molar-refractivity contribution < 1.29 is 9.21 Å². The number of carbonyl (C=O) groups is 1. The van der Waals surface area contributed by atoms with Crippen molar-refractivity contribution in [1.82, 2.24) is 15.2 Å². The lowest BCUT2D eigenvalue weighted by Crippen LogP contribution is -2.62. The summed E-state index contributed by atoms with van der Waals surface area (Å²) >= 11 is 1.37. The van der Waals surface area contributed by atoms with Gasteiger partial charge in [-0.25, -0.2) is 4.98 Å². The number of nitriles is 1. The highest BCUT2D eigenvalue weighted by Gasteiger charge is 2.40. The van der Waals surface area contributed by atoms with Crippen molar-refractivity contribution in [3.8, 4) is 6.07 Å². The molecular formula is C19H20N4O2S. The number of piperidine rings is 3. The molecule has 26 heavy (non-hydrogen) atoms. The average molecular weight is 368 g/mol. The molecule has 1 amide bonds. The lowest BCUT2D eigenvalue weighted by atomic mass is 9.79. The van der Waals surface area contributed by atoms with Crippen LogP contribution in [0.5, 0.6) is 0 Å². The third kappa shape index (κ3) is 3.35. The minimum absolute atomic E-state index is 0.0152. The molecule has 1 N–H and O–H groups in total. The molecule has 3 aliphatic heterocycles. The Kier molecular flexibility index (Phi) is 4.70. The van der Waals surface area contributed by atoms with Crippen LogP contribution in [0.2, 0.25) is 0 Å². The number of hydrogen-bond acceptors (Lipinski definition) is 6. The number of benzene rings is 1. The number of oxazole rings is 1. The fraction of sp³-hybridized carbons (Fsp3) is 0.421. The summed E-state index contributed by atoms with van der Waals surface area (Å²) in [5, 5.41) is 12.5. The fourth-order valence-electron chi connectivity index (χ4n) is 3.93. The zero-order valence-corrected chi connectivity index (χ0v) is 15.3. The zero-order valence-electron chi connectivity index (χ0n) is 14.5. The quantitative estimate of drug-likeness (QED) is 0.893. The Morgan fingerprint density at radius 1 is 1.35 bits per heavy atom. The second-order valence-electron chi connectivity index (χ2n) is 6.84. The SMILES string of the molecule is CC1C(NC(=O)c2ccc(Sc3cnc(C#N)o3)cc2)C2CCN1CC2. The van der Waals surface area contributed by atoms with Gasteiger partial charge in [-0.15, -0.1) is 0 Å². The van der Waals surface area contributed by atoms with Crippen LogP contribution in [0.1, 0.15) is 36.0 Å². The number of rotatable bonds is 4. The first-order valence-electron chi connectivity index (χ1n) is 8.83. The van der Waals surface area contributed by atoms with Gasteiger partial charge in [0, 0.05) is 22.5 Å². The monoisotopic (exact) mass is 368 g/mol. The highest BCUT2D eigenvalue weighted by Crippen LogP contribution is 2.32. The molecule has 0 radical (unpaired) electrons. The number of nitrogens with zero attached hydrogens (tertiary/aromatic N) is 3. The average Bonchev–Trinajstić information content (AvgIpc) is 3.13. The smallest absolute Gasteiger partial charge is 0.301 e.